The van der Waals surface area contributed by atoms with Gasteiger partial charge >= 0.3 is 0 Å². The molecule has 2 rings (SSSR count). The lowest BCUT2D eigenvalue weighted by molar-refractivity contribution is 0.425. The Balaban J connectivity index is 2.39. The first kappa shape index (κ1) is 12.1. The Morgan fingerprint density at radius 1 is 1.18 bits per heavy atom. The summed E-state index contributed by atoms with van der Waals surface area (Å²) in [6, 6.07) is 10.5. The van der Waals surface area contributed by atoms with Crippen molar-refractivity contribution in [3.63, 3.8) is 0 Å². The molecule has 1 heterocycles. The SMILES string of the molecule is Cc1cc(CNC(C)(C)C)c2ccccc2n1. The van der Waals surface area contributed by atoms with E-state index >= 15 is 0 Å². The zero-order chi connectivity index (χ0) is 12.5. The summed E-state index contributed by atoms with van der Waals surface area (Å²) in [5, 5.41) is 4.77. The average Bonchev–Trinajstić information content (AvgIpc) is 2.24. The maximum atomic E-state index is 4.55. The van der Waals surface area contributed by atoms with Gasteiger partial charge in [-0.25, -0.2) is 0 Å². The number of benzene rings is 1. The van der Waals surface area contributed by atoms with Crippen molar-refractivity contribution in [1.82, 2.24) is 10.3 Å². The van der Waals surface area contributed by atoms with Gasteiger partial charge in [-0.15, -0.1) is 0 Å². The van der Waals surface area contributed by atoms with Crippen molar-refractivity contribution < 1.29 is 0 Å². The van der Waals surface area contributed by atoms with Crippen LogP contribution in [0.2, 0.25) is 0 Å². The molecule has 1 N–H and O–H groups in total. The number of aromatic nitrogens is 1. The number of nitrogens with one attached hydrogen (secondary N) is 1. The van der Waals surface area contributed by atoms with Crippen LogP contribution in [0.3, 0.4) is 0 Å². The quantitative estimate of drug-likeness (QED) is 0.851. The standard InChI is InChI=1S/C15H20N2/c1-11-9-12(10-16-15(2,3)4)13-7-5-6-8-14(13)17-11/h5-9,16H,10H2,1-4H3. The smallest absolute Gasteiger partial charge is 0.0708 e. The van der Waals surface area contributed by atoms with Gasteiger partial charge in [0.2, 0.25) is 0 Å². The summed E-state index contributed by atoms with van der Waals surface area (Å²) in [4.78, 5) is 4.55. The molecule has 2 heteroatoms. The summed E-state index contributed by atoms with van der Waals surface area (Å²) < 4.78 is 0. The molecule has 0 fully saturated rings. The van der Waals surface area contributed by atoms with Crippen molar-refractivity contribution in [2.75, 3.05) is 0 Å². The highest BCUT2D eigenvalue weighted by atomic mass is 14.9. The highest BCUT2D eigenvalue weighted by Gasteiger charge is 2.10. The molecule has 0 radical (unpaired) electrons. The number of nitrogens with zero attached hydrogens (tertiary/aromatic N) is 1. The number of hydrogen-bond acceptors (Lipinski definition) is 2. The molecule has 90 valence electrons. The number of hydrogen-bond donors (Lipinski definition) is 1. The lowest BCUT2D eigenvalue weighted by atomic mass is 10.1. The number of rotatable bonds is 2. The predicted octanol–water partition coefficient (Wildman–Crippen LogP) is 3.43. The molecule has 1 aromatic heterocycles. The number of pyridine rings is 1. The first-order valence-electron chi connectivity index (χ1n) is 6.06. The van der Waals surface area contributed by atoms with Gasteiger partial charge in [0, 0.05) is 23.2 Å². The second-order valence-corrected chi connectivity index (χ2v) is 5.54. The van der Waals surface area contributed by atoms with E-state index in [4.69, 9.17) is 0 Å². The summed E-state index contributed by atoms with van der Waals surface area (Å²) in [6.07, 6.45) is 0. The molecule has 17 heavy (non-hydrogen) atoms. The van der Waals surface area contributed by atoms with Crippen molar-refractivity contribution in [3.8, 4) is 0 Å². The van der Waals surface area contributed by atoms with Crippen LogP contribution in [0.4, 0.5) is 0 Å². The van der Waals surface area contributed by atoms with Crippen LogP contribution in [0.5, 0.6) is 0 Å². The first-order chi connectivity index (χ1) is 7.96. The molecule has 0 aliphatic rings. The van der Waals surface area contributed by atoms with Gasteiger partial charge in [-0.1, -0.05) is 18.2 Å². The van der Waals surface area contributed by atoms with Gasteiger partial charge in [0.15, 0.2) is 0 Å². The van der Waals surface area contributed by atoms with Crippen LogP contribution in [-0.2, 0) is 6.54 Å². The molecular weight excluding hydrogens is 208 g/mol. The van der Waals surface area contributed by atoms with Crippen LogP contribution < -0.4 is 5.32 Å². The summed E-state index contributed by atoms with van der Waals surface area (Å²) in [5.41, 5.74) is 3.62. The lowest BCUT2D eigenvalue weighted by Crippen LogP contribution is -2.35. The second kappa shape index (κ2) is 4.46. The van der Waals surface area contributed by atoms with Crippen molar-refractivity contribution >= 4 is 10.9 Å². The van der Waals surface area contributed by atoms with Gasteiger partial charge in [0.25, 0.3) is 0 Å². The molecule has 2 nitrogen and oxygen atoms in total. The fourth-order valence-corrected chi connectivity index (χ4v) is 1.90. The van der Waals surface area contributed by atoms with Crippen LogP contribution in [0.15, 0.2) is 30.3 Å². The average molecular weight is 228 g/mol. The summed E-state index contributed by atoms with van der Waals surface area (Å²) >= 11 is 0. The fourth-order valence-electron chi connectivity index (χ4n) is 1.90. The van der Waals surface area contributed by atoms with E-state index in [2.05, 4.69) is 55.3 Å². The summed E-state index contributed by atoms with van der Waals surface area (Å²) in [5.74, 6) is 0. The van der Waals surface area contributed by atoms with Gasteiger partial charge in [0.1, 0.15) is 0 Å². The largest absolute Gasteiger partial charge is 0.308 e. The van der Waals surface area contributed by atoms with Gasteiger partial charge in [0.05, 0.1) is 5.52 Å². The highest BCUT2D eigenvalue weighted by Crippen LogP contribution is 2.18. The maximum Gasteiger partial charge on any atom is 0.0708 e. The third-order valence-corrected chi connectivity index (χ3v) is 2.74. The van der Waals surface area contributed by atoms with Gasteiger partial charge in [-0.05, 0) is 45.4 Å². The first-order valence-corrected chi connectivity index (χ1v) is 6.06. The third kappa shape index (κ3) is 3.04. The van der Waals surface area contributed by atoms with Crippen LogP contribution in [0.25, 0.3) is 10.9 Å². The Labute approximate surface area is 103 Å². The second-order valence-electron chi connectivity index (χ2n) is 5.54. The van der Waals surface area contributed by atoms with E-state index < -0.39 is 0 Å². The monoisotopic (exact) mass is 228 g/mol. The van der Waals surface area contributed by atoms with Crippen molar-refractivity contribution in [1.29, 1.82) is 0 Å². The number of fused-ring (bicyclic) bond motifs is 1. The van der Waals surface area contributed by atoms with Gasteiger partial charge in [-0.3, -0.25) is 4.98 Å². The van der Waals surface area contributed by atoms with E-state index in [1.54, 1.807) is 0 Å². The van der Waals surface area contributed by atoms with Crippen LogP contribution in [0.1, 0.15) is 32.0 Å². The Hall–Kier alpha value is -1.41. The fraction of sp³-hybridized carbons (Fsp3) is 0.400. The Morgan fingerprint density at radius 2 is 1.88 bits per heavy atom. The molecule has 0 unspecified atom stereocenters. The molecule has 0 saturated carbocycles. The van der Waals surface area contributed by atoms with Crippen LogP contribution in [0, 0.1) is 6.92 Å². The van der Waals surface area contributed by atoms with Gasteiger partial charge in [-0.2, -0.15) is 0 Å². The topological polar surface area (TPSA) is 24.9 Å². The van der Waals surface area contributed by atoms with Crippen molar-refractivity contribution in [2.45, 2.75) is 39.8 Å². The Bertz CT molecular complexity index is 524. The van der Waals surface area contributed by atoms with Crippen LogP contribution >= 0.6 is 0 Å². The molecule has 0 aliphatic carbocycles. The van der Waals surface area contributed by atoms with Crippen molar-refractivity contribution in [2.24, 2.45) is 0 Å². The Morgan fingerprint density at radius 3 is 2.59 bits per heavy atom. The molecule has 0 atom stereocenters. The molecule has 2 aromatic rings. The zero-order valence-electron chi connectivity index (χ0n) is 11.0. The molecule has 1 aromatic carbocycles. The molecular formula is C15H20N2. The van der Waals surface area contributed by atoms with E-state index in [1.807, 2.05) is 13.0 Å². The maximum absolute atomic E-state index is 4.55. The zero-order valence-corrected chi connectivity index (χ0v) is 11.0. The summed E-state index contributed by atoms with van der Waals surface area (Å²) in [6.45, 7) is 9.48. The van der Waals surface area contributed by atoms with E-state index in [-0.39, 0.29) is 5.54 Å². The van der Waals surface area contributed by atoms with Crippen molar-refractivity contribution in [3.05, 3.63) is 41.6 Å². The van der Waals surface area contributed by atoms with E-state index in [0.717, 1.165) is 17.8 Å². The normalized spacial score (nSPS) is 12.0. The van der Waals surface area contributed by atoms with Crippen LogP contribution in [-0.4, -0.2) is 10.5 Å². The lowest BCUT2D eigenvalue weighted by Gasteiger charge is -2.21. The molecule has 0 amide bonds. The molecule has 0 bridgehead atoms. The Kier molecular flexibility index (Phi) is 3.16. The number of para-hydroxylation sites is 1. The van der Waals surface area contributed by atoms with E-state index in [9.17, 15) is 0 Å². The third-order valence-electron chi connectivity index (χ3n) is 2.74. The summed E-state index contributed by atoms with van der Waals surface area (Å²) in [7, 11) is 0. The predicted molar refractivity (Wildman–Crippen MR) is 73.1 cm³/mol. The minimum Gasteiger partial charge on any atom is -0.308 e. The molecule has 0 spiro atoms. The molecule has 0 aliphatic heterocycles. The highest BCUT2D eigenvalue weighted by molar-refractivity contribution is 5.82. The molecule has 0 saturated heterocycles. The van der Waals surface area contributed by atoms with E-state index in [0.29, 0.717) is 0 Å². The minimum atomic E-state index is 0.137. The van der Waals surface area contributed by atoms with Gasteiger partial charge < -0.3 is 5.32 Å². The number of aryl methyl sites for hydroxylation is 1. The van der Waals surface area contributed by atoms with E-state index in [1.165, 1.54) is 10.9 Å². The minimum absolute atomic E-state index is 0.137.